The van der Waals surface area contributed by atoms with E-state index >= 15 is 0 Å². The zero-order valence-corrected chi connectivity index (χ0v) is 12.5. The van der Waals surface area contributed by atoms with Gasteiger partial charge in [-0.05, 0) is 25.0 Å². The molecule has 0 spiro atoms. The molecule has 20 heavy (non-hydrogen) atoms. The molecule has 0 aliphatic heterocycles. The Bertz CT molecular complexity index is 677. The van der Waals surface area contributed by atoms with Crippen molar-refractivity contribution in [2.75, 3.05) is 6.54 Å². The lowest BCUT2D eigenvalue weighted by Gasteiger charge is -2.08. The summed E-state index contributed by atoms with van der Waals surface area (Å²) in [4.78, 5) is 7.15. The van der Waals surface area contributed by atoms with Crippen LogP contribution in [0.5, 0.6) is 0 Å². The lowest BCUT2D eigenvalue weighted by molar-refractivity contribution is 0.580. The lowest BCUT2D eigenvalue weighted by Crippen LogP contribution is -2.27. The molecule has 0 bridgehead atoms. The number of H-pyrrole nitrogens is 1. The molecule has 0 atom stereocenters. The third-order valence-corrected chi connectivity index (χ3v) is 4.41. The van der Waals surface area contributed by atoms with Gasteiger partial charge in [0.1, 0.15) is 5.82 Å². The monoisotopic (exact) mass is 293 g/mol. The highest BCUT2D eigenvalue weighted by Crippen LogP contribution is 2.10. The van der Waals surface area contributed by atoms with Crippen LogP contribution in [-0.4, -0.2) is 24.9 Å². The predicted molar refractivity (Wildman–Crippen MR) is 78.8 cm³/mol. The number of nitrogens with one attached hydrogen (secondary N) is 2. The number of hydrogen-bond acceptors (Lipinski definition) is 3. The van der Waals surface area contributed by atoms with E-state index in [1.54, 1.807) is 6.20 Å². The molecule has 0 unspecified atom stereocenters. The largest absolute Gasteiger partial charge is 0.346 e. The van der Waals surface area contributed by atoms with Gasteiger partial charge in [-0.1, -0.05) is 24.3 Å². The van der Waals surface area contributed by atoms with E-state index in [1.165, 1.54) is 0 Å². The number of imidazole rings is 1. The number of aromatic amines is 1. The molecule has 6 heteroatoms. The molecule has 1 aromatic heterocycles. The van der Waals surface area contributed by atoms with E-state index in [0.29, 0.717) is 13.0 Å². The Labute approximate surface area is 119 Å². The third-order valence-electron chi connectivity index (χ3n) is 3.08. The maximum atomic E-state index is 12.0. The molecule has 108 valence electrons. The molecule has 0 radical (unpaired) electrons. The summed E-state index contributed by atoms with van der Waals surface area (Å²) in [6, 6.07) is 7.51. The molecular formula is C14H19N3O2S. The fraction of sp³-hybridized carbons (Fsp3) is 0.357. The van der Waals surface area contributed by atoms with E-state index in [9.17, 15) is 8.42 Å². The first kappa shape index (κ1) is 14.7. The van der Waals surface area contributed by atoms with Gasteiger partial charge in [0.15, 0.2) is 0 Å². The Morgan fingerprint density at radius 1 is 1.25 bits per heavy atom. The molecule has 0 saturated heterocycles. The first-order chi connectivity index (χ1) is 9.46. The van der Waals surface area contributed by atoms with Gasteiger partial charge in [-0.15, -0.1) is 0 Å². The van der Waals surface area contributed by atoms with Crippen molar-refractivity contribution in [1.82, 2.24) is 14.7 Å². The van der Waals surface area contributed by atoms with Crippen LogP contribution in [0.1, 0.15) is 22.6 Å². The first-order valence-corrected chi connectivity index (χ1v) is 8.14. The summed E-state index contributed by atoms with van der Waals surface area (Å²) < 4.78 is 26.6. The quantitative estimate of drug-likeness (QED) is 0.851. The molecule has 0 amide bonds. The molecule has 2 N–H and O–H groups in total. The van der Waals surface area contributed by atoms with Gasteiger partial charge >= 0.3 is 0 Å². The van der Waals surface area contributed by atoms with E-state index in [2.05, 4.69) is 14.7 Å². The summed E-state index contributed by atoms with van der Waals surface area (Å²) in [7, 11) is -3.30. The van der Waals surface area contributed by atoms with Gasteiger partial charge in [-0.25, -0.2) is 18.1 Å². The van der Waals surface area contributed by atoms with E-state index < -0.39 is 10.0 Å². The molecule has 1 aromatic carbocycles. The first-order valence-electron chi connectivity index (χ1n) is 6.48. The molecule has 0 aliphatic rings. The fourth-order valence-electron chi connectivity index (χ4n) is 1.97. The van der Waals surface area contributed by atoms with Crippen molar-refractivity contribution in [1.29, 1.82) is 0 Å². The van der Waals surface area contributed by atoms with E-state index in [4.69, 9.17) is 0 Å². The van der Waals surface area contributed by atoms with Crippen molar-refractivity contribution in [3.05, 3.63) is 53.1 Å². The molecule has 1 heterocycles. The molecule has 2 aromatic rings. The van der Waals surface area contributed by atoms with Crippen LogP contribution in [0.4, 0.5) is 0 Å². The van der Waals surface area contributed by atoms with Gasteiger partial charge in [-0.3, -0.25) is 0 Å². The summed E-state index contributed by atoms with van der Waals surface area (Å²) in [5.41, 5.74) is 2.75. The van der Waals surface area contributed by atoms with Crippen molar-refractivity contribution in [3.63, 3.8) is 0 Å². The maximum absolute atomic E-state index is 12.0. The Balaban J connectivity index is 1.90. The summed E-state index contributed by atoms with van der Waals surface area (Å²) in [6.45, 7) is 4.15. The Morgan fingerprint density at radius 2 is 2.00 bits per heavy atom. The fourth-order valence-corrected chi connectivity index (χ4v) is 3.22. The van der Waals surface area contributed by atoms with Gasteiger partial charge < -0.3 is 4.98 Å². The highest BCUT2D eigenvalue weighted by molar-refractivity contribution is 7.88. The van der Waals surface area contributed by atoms with Crippen molar-refractivity contribution in [2.45, 2.75) is 26.0 Å². The average Bonchev–Trinajstić information content (AvgIpc) is 2.77. The van der Waals surface area contributed by atoms with Gasteiger partial charge in [0.05, 0.1) is 5.75 Å². The van der Waals surface area contributed by atoms with Crippen molar-refractivity contribution in [3.8, 4) is 0 Å². The Hall–Kier alpha value is -1.66. The molecule has 0 fully saturated rings. The minimum Gasteiger partial charge on any atom is -0.346 e. The molecular weight excluding hydrogens is 274 g/mol. The average molecular weight is 293 g/mol. The number of nitrogens with zero attached hydrogens (tertiary/aromatic N) is 1. The van der Waals surface area contributed by atoms with Crippen LogP contribution in [-0.2, 0) is 22.2 Å². The van der Waals surface area contributed by atoms with Crippen LogP contribution in [0.3, 0.4) is 0 Å². The second kappa shape index (κ2) is 6.19. The Morgan fingerprint density at radius 3 is 2.65 bits per heavy atom. The minimum absolute atomic E-state index is 0.0156. The standard InChI is InChI=1S/C14H19N3O2S/c1-11-5-3-4-6-13(11)10-20(18,19)16-8-7-14-9-15-12(2)17-14/h3-6,9,16H,7-8,10H2,1-2H3,(H,15,17). The summed E-state index contributed by atoms with van der Waals surface area (Å²) in [5, 5.41) is 0. The number of sulfonamides is 1. The zero-order chi connectivity index (χ0) is 14.6. The van der Waals surface area contributed by atoms with E-state index in [1.807, 2.05) is 38.1 Å². The Kier molecular flexibility index (Phi) is 4.57. The van der Waals surface area contributed by atoms with Gasteiger partial charge in [0.25, 0.3) is 0 Å². The van der Waals surface area contributed by atoms with E-state index in [-0.39, 0.29) is 5.75 Å². The topological polar surface area (TPSA) is 74.8 Å². The highest BCUT2D eigenvalue weighted by Gasteiger charge is 2.12. The highest BCUT2D eigenvalue weighted by atomic mass is 32.2. The predicted octanol–water partition coefficient (Wildman–Crippen LogP) is 1.69. The second-order valence-corrected chi connectivity index (χ2v) is 6.63. The van der Waals surface area contributed by atoms with Crippen LogP contribution >= 0.6 is 0 Å². The van der Waals surface area contributed by atoms with Crippen LogP contribution < -0.4 is 4.72 Å². The van der Waals surface area contributed by atoms with Crippen molar-refractivity contribution >= 4 is 10.0 Å². The SMILES string of the molecule is Cc1ncc(CCNS(=O)(=O)Cc2ccccc2C)[nH]1. The minimum atomic E-state index is -3.30. The number of hydrogen-bond donors (Lipinski definition) is 2. The van der Waals surface area contributed by atoms with Crippen LogP contribution in [0, 0.1) is 13.8 Å². The van der Waals surface area contributed by atoms with Crippen LogP contribution in [0.2, 0.25) is 0 Å². The van der Waals surface area contributed by atoms with Crippen molar-refractivity contribution < 1.29 is 8.42 Å². The van der Waals surface area contributed by atoms with Gasteiger partial charge in [0, 0.05) is 24.9 Å². The zero-order valence-electron chi connectivity index (χ0n) is 11.7. The smallest absolute Gasteiger partial charge is 0.215 e. The second-order valence-electron chi connectivity index (χ2n) is 4.82. The van der Waals surface area contributed by atoms with Gasteiger partial charge in [-0.2, -0.15) is 0 Å². The number of aromatic nitrogens is 2. The van der Waals surface area contributed by atoms with E-state index in [0.717, 1.165) is 22.6 Å². The van der Waals surface area contributed by atoms with Crippen LogP contribution in [0.25, 0.3) is 0 Å². The maximum Gasteiger partial charge on any atom is 0.215 e. The molecule has 0 aliphatic carbocycles. The summed E-state index contributed by atoms with van der Waals surface area (Å²) in [6.07, 6.45) is 2.33. The number of aryl methyl sites for hydroxylation is 2. The molecule has 0 saturated carbocycles. The summed E-state index contributed by atoms with van der Waals surface area (Å²) in [5.74, 6) is 0.851. The molecule has 5 nitrogen and oxygen atoms in total. The van der Waals surface area contributed by atoms with Crippen LogP contribution in [0.15, 0.2) is 30.5 Å². The van der Waals surface area contributed by atoms with Gasteiger partial charge in [0.2, 0.25) is 10.0 Å². The number of benzene rings is 1. The van der Waals surface area contributed by atoms with Crippen molar-refractivity contribution in [2.24, 2.45) is 0 Å². The number of rotatable bonds is 6. The summed E-state index contributed by atoms with van der Waals surface area (Å²) >= 11 is 0. The normalized spacial score (nSPS) is 11.7. The third kappa shape index (κ3) is 4.18. The lowest BCUT2D eigenvalue weighted by atomic mass is 10.1. The molecule has 2 rings (SSSR count).